The number of ether oxygens (including phenoxy) is 2. The number of pyridine rings is 1. The Labute approximate surface area is 161 Å². The molecule has 1 aromatic heterocycles. The number of nitrogens with zero attached hydrogens (tertiary/aromatic N) is 2. The molecule has 1 aromatic carbocycles. The van der Waals surface area contributed by atoms with Gasteiger partial charge < -0.3 is 20.1 Å². The Morgan fingerprint density at radius 2 is 1.79 bits per heavy atom. The van der Waals surface area contributed by atoms with Crippen LogP contribution >= 0.6 is 0 Å². The Bertz CT molecular complexity index is 747. The van der Waals surface area contributed by atoms with Crippen LogP contribution in [0.1, 0.15) is 11.1 Å². The molecule has 2 N–H and O–H groups in total. The third-order valence-corrected chi connectivity index (χ3v) is 3.73. The minimum Gasteiger partial charge on any atom is -0.497 e. The fourth-order valence-corrected chi connectivity index (χ4v) is 2.28. The largest absolute Gasteiger partial charge is 0.497 e. The van der Waals surface area contributed by atoms with Gasteiger partial charge in [-0.15, -0.1) is 0 Å². The van der Waals surface area contributed by atoms with E-state index in [1.807, 2.05) is 24.3 Å². The molecule has 0 unspecified atom stereocenters. The van der Waals surface area contributed by atoms with E-state index in [9.17, 15) is 13.2 Å². The van der Waals surface area contributed by atoms with Gasteiger partial charge in [0, 0.05) is 32.4 Å². The summed E-state index contributed by atoms with van der Waals surface area (Å²) in [4.78, 5) is 8.01. The van der Waals surface area contributed by atoms with Crippen molar-refractivity contribution in [3.8, 4) is 11.6 Å². The number of aromatic nitrogens is 1. The highest BCUT2D eigenvalue weighted by Crippen LogP contribution is 2.17. The van der Waals surface area contributed by atoms with Gasteiger partial charge in [-0.05, 0) is 29.7 Å². The van der Waals surface area contributed by atoms with Crippen LogP contribution in [-0.2, 0) is 13.0 Å². The van der Waals surface area contributed by atoms with Gasteiger partial charge in [0.15, 0.2) is 12.6 Å². The van der Waals surface area contributed by atoms with Crippen molar-refractivity contribution in [3.05, 3.63) is 53.7 Å². The van der Waals surface area contributed by atoms with Gasteiger partial charge in [0.05, 0.1) is 7.11 Å². The quantitative estimate of drug-likeness (QED) is 0.531. The Morgan fingerprint density at radius 3 is 2.36 bits per heavy atom. The highest BCUT2D eigenvalue weighted by Gasteiger charge is 2.28. The second-order valence-electron chi connectivity index (χ2n) is 5.86. The smallest absolute Gasteiger partial charge is 0.422 e. The second-order valence-corrected chi connectivity index (χ2v) is 5.86. The molecule has 0 aliphatic rings. The molecule has 2 aromatic rings. The van der Waals surface area contributed by atoms with E-state index in [4.69, 9.17) is 4.74 Å². The van der Waals surface area contributed by atoms with E-state index in [-0.39, 0.29) is 5.88 Å². The topological polar surface area (TPSA) is 67.8 Å². The van der Waals surface area contributed by atoms with E-state index >= 15 is 0 Å². The molecule has 0 aliphatic heterocycles. The maximum Gasteiger partial charge on any atom is 0.422 e. The molecule has 0 saturated carbocycles. The fraction of sp³-hybridized carbons (Fsp3) is 0.368. The van der Waals surface area contributed by atoms with Gasteiger partial charge in [0.2, 0.25) is 5.88 Å². The van der Waals surface area contributed by atoms with Crippen molar-refractivity contribution in [2.24, 2.45) is 4.99 Å². The maximum absolute atomic E-state index is 12.1. The van der Waals surface area contributed by atoms with Crippen molar-refractivity contribution in [3.63, 3.8) is 0 Å². The molecular formula is C19H23F3N4O2. The van der Waals surface area contributed by atoms with Crippen LogP contribution in [0.15, 0.2) is 47.6 Å². The Balaban J connectivity index is 1.73. The van der Waals surface area contributed by atoms with E-state index in [0.29, 0.717) is 19.0 Å². The van der Waals surface area contributed by atoms with Crippen molar-refractivity contribution in [2.45, 2.75) is 19.1 Å². The Morgan fingerprint density at radius 1 is 1.07 bits per heavy atom. The summed E-state index contributed by atoms with van der Waals surface area (Å²) in [5.74, 6) is 1.37. The normalized spacial score (nSPS) is 11.8. The molecule has 2 rings (SSSR count). The first kappa shape index (κ1) is 21.3. The van der Waals surface area contributed by atoms with Crippen molar-refractivity contribution < 1.29 is 22.6 Å². The monoisotopic (exact) mass is 396 g/mol. The molecule has 0 bridgehead atoms. The average Bonchev–Trinajstić information content (AvgIpc) is 2.69. The Hall–Kier alpha value is -2.97. The number of hydrogen-bond acceptors (Lipinski definition) is 4. The lowest BCUT2D eigenvalue weighted by molar-refractivity contribution is -0.154. The van der Waals surface area contributed by atoms with Crippen molar-refractivity contribution in [2.75, 3.05) is 27.3 Å². The zero-order chi connectivity index (χ0) is 20.4. The highest BCUT2D eigenvalue weighted by molar-refractivity contribution is 5.79. The molecule has 1 heterocycles. The van der Waals surface area contributed by atoms with Crippen LogP contribution in [0.4, 0.5) is 13.2 Å². The fourth-order valence-electron chi connectivity index (χ4n) is 2.28. The third-order valence-electron chi connectivity index (χ3n) is 3.73. The van der Waals surface area contributed by atoms with E-state index in [1.165, 1.54) is 17.8 Å². The summed E-state index contributed by atoms with van der Waals surface area (Å²) < 4.78 is 46.1. The lowest BCUT2D eigenvalue weighted by Crippen LogP contribution is -2.37. The van der Waals surface area contributed by atoms with Gasteiger partial charge in [0.25, 0.3) is 0 Å². The van der Waals surface area contributed by atoms with Gasteiger partial charge in [-0.25, -0.2) is 4.98 Å². The standard InChI is InChI=1S/C19H23F3N4O2/c1-23-18(24-10-9-14-3-6-16(27-2)7-4-14)26-12-15-5-8-17(25-11-15)28-13-19(20,21)22/h3-8,11H,9-10,12-13H2,1-2H3,(H2,23,24,26). The maximum atomic E-state index is 12.1. The first-order valence-electron chi connectivity index (χ1n) is 8.61. The van der Waals surface area contributed by atoms with Crippen molar-refractivity contribution in [1.29, 1.82) is 0 Å². The molecule has 28 heavy (non-hydrogen) atoms. The number of benzene rings is 1. The van der Waals surface area contributed by atoms with Crippen LogP contribution in [0.2, 0.25) is 0 Å². The van der Waals surface area contributed by atoms with E-state index in [2.05, 4.69) is 25.3 Å². The molecule has 6 nitrogen and oxygen atoms in total. The number of hydrogen-bond donors (Lipinski definition) is 2. The second kappa shape index (κ2) is 10.4. The molecule has 0 radical (unpaired) electrons. The molecule has 0 atom stereocenters. The van der Waals surface area contributed by atoms with Crippen molar-refractivity contribution >= 4 is 5.96 Å². The molecular weight excluding hydrogens is 373 g/mol. The average molecular weight is 396 g/mol. The zero-order valence-corrected chi connectivity index (χ0v) is 15.7. The number of aliphatic imine (C=N–C) groups is 1. The van der Waals surface area contributed by atoms with Gasteiger partial charge in [-0.1, -0.05) is 18.2 Å². The predicted molar refractivity (Wildman–Crippen MR) is 101 cm³/mol. The number of nitrogens with one attached hydrogen (secondary N) is 2. The summed E-state index contributed by atoms with van der Waals surface area (Å²) in [6, 6.07) is 10.9. The highest BCUT2D eigenvalue weighted by atomic mass is 19.4. The molecule has 0 saturated heterocycles. The lowest BCUT2D eigenvalue weighted by Gasteiger charge is -2.12. The van der Waals surface area contributed by atoms with E-state index < -0.39 is 12.8 Å². The van der Waals surface area contributed by atoms with Crippen LogP contribution in [0, 0.1) is 0 Å². The van der Waals surface area contributed by atoms with Crippen LogP contribution in [0.3, 0.4) is 0 Å². The molecule has 152 valence electrons. The summed E-state index contributed by atoms with van der Waals surface area (Å²) in [5.41, 5.74) is 1.96. The molecule has 0 spiro atoms. The Kier molecular flexibility index (Phi) is 7.91. The van der Waals surface area contributed by atoms with E-state index in [0.717, 1.165) is 17.7 Å². The van der Waals surface area contributed by atoms with Gasteiger partial charge in [0.1, 0.15) is 5.75 Å². The zero-order valence-electron chi connectivity index (χ0n) is 15.7. The number of rotatable bonds is 8. The first-order valence-corrected chi connectivity index (χ1v) is 8.61. The van der Waals surface area contributed by atoms with Crippen LogP contribution < -0.4 is 20.1 Å². The lowest BCUT2D eigenvalue weighted by atomic mass is 10.1. The molecule has 0 fully saturated rings. The number of methoxy groups -OCH3 is 1. The van der Waals surface area contributed by atoms with Gasteiger partial charge >= 0.3 is 6.18 Å². The SMILES string of the molecule is CN=C(NCCc1ccc(OC)cc1)NCc1ccc(OCC(F)(F)F)nc1. The summed E-state index contributed by atoms with van der Waals surface area (Å²) in [7, 11) is 3.29. The number of alkyl halides is 3. The summed E-state index contributed by atoms with van der Waals surface area (Å²) in [5, 5.41) is 6.33. The number of halogens is 3. The van der Waals surface area contributed by atoms with Gasteiger partial charge in [-0.2, -0.15) is 13.2 Å². The molecule has 9 heteroatoms. The molecule has 0 amide bonds. The summed E-state index contributed by atoms with van der Waals surface area (Å²) >= 11 is 0. The van der Waals surface area contributed by atoms with Crippen molar-refractivity contribution in [1.82, 2.24) is 15.6 Å². The van der Waals surface area contributed by atoms with Crippen LogP contribution in [0.25, 0.3) is 0 Å². The van der Waals surface area contributed by atoms with Gasteiger partial charge in [-0.3, -0.25) is 4.99 Å². The molecule has 0 aliphatic carbocycles. The minimum atomic E-state index is -4.38. The van der Waals surface area contributed by atoms with Crippen LogP contribution in [-0.4, -0.2) is 44.4 Å². The third kappa shape index (κ3) is 7.73. The minimum absolute atomic E-state index is 0.0666. The first-order chi connectivity index (χ1) is 13.4. The van der Waals surface area contributed by atoms with Crippen LogP contribution in [0.5, 0.6) is 11.6 Å². The summed E-state index contributed by atoms with van der Waals surface area (Å²) in [6.45, 7) is -0.244. The predicted octanol–water partition coefficient (Wildman–Crippen LogP) is 2.94. The summed E-state index contributed by atoms with van der Waals surface area (Å²) in [6.07, 6.45) is -2.10. The van der Waals surface area contributed by atoms with E-state index in [1.54, 1.807) is 20.2 Å². The number of guanidine groups is 1.